The molecule has 5 rings (SSSR count). The minimum atomic E-state index is -0.00655. The van der Waals surface area contributed by atoms with Crippen LogP contribution in [0.5, 0.6) is 11.5 Å². The summed E-state index contributed by atoms with van der Waals surface area (Å²) in [5, 5.41) is 4.19. The lowest BCUT2D eigenvalue weighted by molar-refractivity contribution is 0.0698. The predicted octanol–water partition coefficient (Wildman–Crippen LogP) is 4.33. The molecule has 0 N–H and O–H groups in total. The van der Waals surface area contributed by atoms with Crippen LogP contribution in [-0.4, -0.2) is 24.1 Å². The van der Waals surface area contributed by atoms with Gasteiger partial charge in [0.05, 0.1) is 6.04 Å². The first-order valence-corrected chi connectivity index (χ1v) is 9.87. The topological polar surface area (TPSA) is 38.8 Å². The van der Waals surface area contributed by atoms with E-state index in [0.29, 0.717) is 17.1 Å². The lowest BCUT2D eigenvalue weighted by Crippen LogP contribution is -2.39. The Morgan fingerprint density at radius 1 is 1.08 bits per heavy atom. The first kappa shape index (κ1) is 15.0. The van der Waals surface area contributed by atoms with Crippen LogP contribution in [0.2, 0.25) is 0 Å². The smallest absolute Gasteiger partial charge is 0.254 e. The van der Waals surface area contributed by atoms with E-state index in [1.54, 1.807) is 28.7 Å². The number of nitrogens with zero attached hydrogens (tertiary/aromatic N) is 1. The number of amides is 1. The van der Waals surface area contributed by atoms with Crippen LogP contribution in [0.1, 0.15) is 31.7 Å². The van der Waals surface area contributed by atoms with Crippen LogP contribution in [0, 0.1) is 0 Å². The fraction of sp³-hybridized carbons (Fsp3) is 0.211. The van der Waals surface area contributed by atoms with Crippen molar-refractivity contribution in [3.8, 4) is 11.5 Å². The Labute approximate surface area is 153 Å². The van der Waals surface area contributed by atoms with Gasteiger partial charge in [0.1, 0.15) is 0 Å². The van der Waals surface area contributed by atoms with Crippen LogP contribution >= 0.6 is 22.7 Å². The molecule has 1 aromatic carbocycles. The average Bonchev–Trinajstić information content (AvgIpc) is 3.40. The first-order chi connectivity index (χ1) is 12.3. The van der Waals surface area contributed by atoms with Crippen molar-refractivity contribution in [2.75, 3.05) is 13.3 Å². The van der Waals surface area contributed by atoms with Gasteiger partial charge in [-0.2, -0.15) is 0 Å². The lowest BCUT2D eigenvalue weighted by atomic mass is 9.97. The van der Waals surface area contributed by atoms with E-state index in [1.807, 2.05) is 23.1 Å². The average molecular weight is 369 g/mol. The van der Waals surface area contributed by atoms with Gasteiger partial charge >= 0.3 is 0 Å². The predicted molar refractivity (Wildman–Crippen MR) is 97.8 cm³/mol. The Hall–Kier alpha value is -2.31. The van der Waals surface area contributed by atoms with Crippen LogP contribution in [0.3, 0.4) is 0 Å². The van der Waals surface area contributed by atoms with Crippen LogP contribution < -0.4 is 9.47 Å². The molecule has 3 aromatic rings. The molecule has 1 unspecified atom stereocenters. The van der Waals surface area contributed by atoms with E-state index in [1.165, 1.54) is 15.3 Å². The summed E-state index contributed by atoms with van der Waals surface area (Å²) in [4.78, 5) is 17.8. The van der Waals surface area contributed by atoms with Gasteiger partial charge in [-0.25, -0.2) is 0 Å². The summed E-state index contributed by atoms with van der Waals surface area (Å²) in [5.41, 5.74) is 1.90. The molecular formula is C19H15NO3S2. The van der Waals surface area contributed by atoms with Gasteiger partial charge in [0.2, 0.25) is 6.79 Å². The number of hydrogen-bond acceptors (Lipinski definition) is 5. The van der Waals surface area contributed by atoms with Crippen LogP contribution in [0.25, 0.3) is 0 Å². The monoisotopic (exact) mass is 369 g/mol. The van der Waals surface area contributed by atoms with Gasteiger partial charge in [-0.1, -0.05) is 6.07 Å². The number of benzene rings is 1. The van der Waals surface area contributed by atoms with Gasteiger partial charge in [0.15, 0.2) is 11.5 Å². The van der Waals surface area contributed by atoms with Crippen molar-refractivity contribution in [2.24, 2.45) is 0 Å². The van der Waals surface area contributed by atoms with Crippen molar-refractivity contribution in [3.63, 3.8) is 0 Å². The summed E-state index contributed by atoms with van der Waals surface area (Å²) >= 11 is 3.48. The molecule has 0 fully saturated rings. The molecule has 0 saturated carbocycles. The number of thiophene rings is 2. The number of carbonyl (C=O) groups excluding carboxylic acids is 1. The minimum absolute atomic E-state index is 0.00655. The molecule has 1 atom stereocenters. The number of hydrogen-bond donors (Lipinski definition) is 0. The fourth-order valence-electron chi connectivity index (χ4n) is 3.48. The van der Waals surface area contributed by atoms with E-state index in [9.17, 15) is 4.79 Å². The van der Waals surface area contributed by atoms with E-state index in [-0.39, 0.29) is 18.7 Å². The van der Waals surface area contributed by atoms with Crippen LogP contribution in [0.15, 0.2) is 47.2 Å². The second kappa shape index (κ2) is 5.89. The Morgan fingerprint density at radius 3 is 2.88 bits per heavy atom. The van der Waals surface area contributed by atoms with E-state index in [2.05, 4.69) is 22.9 Å². The fourth-order valence-corrected chi connectivity index (χ4v) is 5.24. The quantitative estimate of drug-likeness (QED) is 0.675. The zero-order valence-electron chi connectivity index (χ0n) is 13.3. The standard InChI is InChI=1S/C19H15NO3S2/c21-19(12-3-4-14-15(10-12)23-11-22-14)20-7-5-16-13(6-9-25-16)18(20)17-2-1-8-24-17/h1-4,6,8-10,18H,5,7,11H2. The van der Waals surface area contributed by atoms with Crippen molar-refractivity contribution in [1.82, 2.24) is 4.90 Å². The maximum Gasteiger partial charge on any atom is 0.254 e. The molecule has 126 valence electrons. The van der Waals surface area contributed by atoms with Crippen molar-refractivity contribution in [3.05, 3.63) is 68.0 Å². The van der Waals surface area contributed by atoms with Crippen molar-refractivity contribution in [1.29, 1.82) is 0 Å². The number of rotatable bonds is 2. The zero-order valence-corrected chi connectivity index (χ0v) is 14.9. The molecule has 6 heteroatoms. The van der Waals surface area contributed by atoms with Crippen molar-refractivity contribution in [2.45, 2.75) is 12.5 Å². The van der Waals surface area contributed by atoms with Gasteiger partial charge in [-0.15, -0.1) is 22.7 Å². The van der Waals surface area contributed by atoms with E-state index in [4.69, 9.17) is 9.47 Å². The molecule has 4 nitrogen and oxygen atoms in total. The third-order valence-electron chi connectivity index (χ3n) is 4.66. The highest BCUT2D eigenvalue weighted by Gasteiger charge is 2.34. The SMILES string of the molecule is O=C(c1ccc2c(c1)OCO2)N1CCc2sccc2C1c1cccs1. The van der Waals surface area contributed by atoms with Gasteiger partial charge in [-0.05, 0) is 53.1 Å². The van der Waals surface area contributed by atoms with E-state index < -0.39 is 0 Å². The third-order valence-corrected chi connectivity index (χ3v) is 6.58. The Balaban J connectivity index is 1.55. The summed E-state index contributed by atoms with van der Waals surface area (Å²) in [5.74, 6) is 1.38. The molecule has 0 spiro atoms. The normalized spacial score (nSPS) is 18.2. The molecule has 2 aliphatic heterocycles. The highest BCUT2D eigenvalue weighted by atomic mass is 32.1. The van der Waals surface area contributed by atoms with Gasteiger partial charge < -0.3 is 14.4 Å². The Kier molecular flexibility index (Phi) is 3.53. The summed E-state index contributed by atoms with van der Waals surface area (Å²) < 4.78 is 10.8. The number of carbonyl (C=O) groups is 1. The highest BCUT2D eigenvalue weighted by Crippen LogP contribution is 2.41. The maximum absolute atomic E-state index is 13.3. The molecule has 0 radical (unpaired) electrons. The molecule has 0 saturated heterocycles. The highest BCUT2D eigenvalue weighted by molar-refractivity contribution is 7.10. The van der Waals surface area contributed by atoms with Gasteiger partial charge in [0.25, 0.3) is 5.91 Å². The van der Waals surface area contributed by atoms with Crippen LogP contribution in [0.4, 0.5) is 0 Å². The Bertz CT molecular complexity index is 932. The summed E-state index contributed by atoms with van der Waals surface area (Å²) in [6.07, 6.45) is 0.908. The second-order valence-electron chi connectivity index (χ2n) is 6.03. The molecule has 0 bridgehead atoms. The van der Waals surface area contributed by atoms with Gasteiger partial charge in [0, 0.05) is 21.9 Å². The molecular weight excluding hydrogens is 354 g/mol. The van der Waals surface area contributed by atoms with Crippen molar-refractivity contribution >= 4 is 28.6 Å². The summed E-state index contributed by atoms with van der Waals surface area (Å²) in [6.45, 7) is 0.941. The van der Waals surface area contributed by atoms with Crippen molar-refractivity contribution < 1.29 is 14.3 Å². The molecule has 0 aliphatic carbocycles. The van der Waals surface area contributed by atoms with Crippen LogP contribution in [-0.2, 0) is 6.42 Å². The Morgan fingerprint density at radius 2 is 2.00 bits per heavy atom. The van der Waals surface area contributed by atoms with E-state index >= 15 is 0 Å². The summed E-state index contributed by atoms with van der Waals surface area (Å²) in [6, 6.07) is 11.7. The third kappa shape index (κ3) is 2.44. The molecule has 2 aromatic heterocycles. The number of ether oxygens (including phenoxy) is 2. The molecule has 25 heavy (non-hydrogen) atoms. The second-order valence-corrected chi connectivity index (χ2v) is 8.01. The van der Waals surface area contributed by atoms with E-state index in [0.717, 1.165) is 13.0 Å². The first-order valence-electron chi connectivity index (χ1n) is 8.11. The minimum Gasteiger partial charge on any atom is -0.454 e. The largest absolute Gasteiger partial charge is 0.454 e. The zero-order chi connectivity index (χ0) is 16.8. The molecule has 4 heterocycles. The van der Waals surface area contributed by atoms with Gasteiger partial charge in [-0.3, -0.25) is 4.79 Å². The lowest BCUT2D eigenvalue weighted by Gasteiger charge is -2.35. The summed E-state index contributed by atoms with van der Waals surface area (Å²) in [7, 11) is 0. The maximum atomic E-state index is 13.3. The molecule has 1 amide bonds. The number of fused-ring (bicyclic) bond motifs is 2. The molecule has 2 aliphatic rings.